The molecule has 0 aliphatic rings. The highest BCUT2D eigenvalue weighted by Crippen LogP contribution is 2.50. The maximum absolute atomic E-state index is 13.2. The Hall–Kier alpha value is -1.29. The van der Waals surface area contributed by atoms with Gasteiger partial charge in [0.05, 0.1) is 29.7 Å². The number of hydrogen-bond acceptors (Lipinski definition) is 4. The lowest BCUT2D eigenvalue weighted by Crippen LogP contribution is -2.16. The van der Waals surface area contributed by atoms with Crippen molar-refractivity contribution in [2.75, 3.05) is 13.2 Å². The molecule has 5 nitrogen and oxygen atoms in total. The molecule has 0 amide bonds. The third-order valence-electron chi connectivity index (χ3n) is 3.45. The molecule has 0 spiro atoms. The molecule has 0 saturated carbocycles. The first-order valence-electron chi connectivity index (χ1n) is 7.21. The number of rotatable bonds is 6. The van der Waals surface area contributed by atoms with Crippen LogP contribution in [0.3, 0.4) is 0 Å². The van der Waals surface area contributed by atoms with E-state index in [1.807, 2.05) is 26.0 Å². The Bertz CT molecular complexity index is 683. The van der Waals surface area contributed by atoms with Crippen molar-refractivity contribution in [3.05, 3.63) is 29.5 Å². The average molecular weight is 311 g/mol. The molecule has 1 heterocycles. The minimum Gasteiger partial charge on any atom is -0.428 e. The fourth-order valence-electron chi connectivity index (χ4n) is 2.65. The van der Waals surface area contributed by atoms with Crippen LogP contribution in [0.2, 0.25) is 0 Å². The van der Waals surface area contributed by atoms with Gasteiger partial charge in [0.2, 0.25) is 0 Å². The summed E-state index contributed by atoms with van der Waals surface area (Å²) in [5.74, 6) is 0. The van der Waals surface area contributed by atoms with Crippen molar-refractivity contribution in [1.29, 1.82) is 0 Å². The van der Waals surface area contributed by atoms with Gasteiger partial charge in [0.25, 0.3) is 0 Å². The number of benzene rings is 1. The largest absolute Gasteiger partial charge is 0.428 e. The Labute approximate surface area is 125 Å². The predicted octanol–water partition coefficient (Wildman–Crippen LogP) is 3.64. The number of fused-ring (bicyclic) bond motifs is 1. The van der Waals surface area contributed by atoms with Gasteiger partial charge in [0.1, 0.15) is 0 Å². The SMILES string of the molecule is CCOP(=O)(OCC)c1c(CC)n(O)c2cccc(C)c12. The van der Waals surface area contributed by atoms with Crippen LogP contribution in [0.25, 0.3) is 10.9 Å². The highest BCUT2D eigenvalue weighted by molar-refractivity contribution is 7.63. The Morgan fingerprint density at radius 1 is 1.19 bits per heavy atom. The first kappa shape index (κ1) is 16.1. The summed E-state index contributed by atoms with van der Waals surface area (Å²) in [7, 11) is -3.46. The van der Waals surface area contributed by atoms with E-state index in [0.29, 0.717) is 22.9 Å². The lowest BCUT2D eigenvalue weighted by molar-refractivity contribution is 0.190. The van der Waals surface area contributed by atoms with E-state index < -0.39 is 7.60 Å². The van der Waals surface area contributed by atoms with Crippen molar-refractivity contribution >= 4 is 23.8 Å². The molecule has 1 aromatic carbocycles. The van der Waals surface area contributed by atoms with Gasteiger partial charge in [-0.25, -0.2) is 0 Å². The van der Waals surface area contributed by atoms with E-state index >= 15 is 0 Å². The zero-order chi connectivity index (χ0) is 15.6. The van der Waals surface area contributed by atoms with Gasteiger partial charge in [-0.2, -0.15) is 4.73 Å². The van der Waals surface area contributed by atoms with Crippen LogP contribution in [0, 0.1) is 6.92 Å². The van der Waals surface area contributed by atoms with Crippen LogP contribution in [0.4, 0.5) is 0 Å². The van der Waals surface area contributed by atoms with Crippen molar-refractivity contribution in [1.82, 2.24) is 4.73 Å². The fraction of sp³-hybridized carbons (Fsp3) is 0.467. The topological polar surface area (TPSA) is 60.7 Å². The standard InChI is InChI=1S/C15H22NO4P/c1-5-12-15(21(18,19-6-2)20-7-3)14-11(4)9-8-10-13(14)16(12)17/h8-10,17H,5-7H2,1-4H3. The molecule has 0 bridgehead atoms. The molecule has 0 fully saturated rings. The van der Waals surface area contributed by atoms with Crippen LogP contribution in [0.5, 0.6) is 0 Å². The molecule has 2 aromatic rings. The van der Waals surface area contributed by atoms with Crippen molar-refractivity contribution in [3.63, 3.8) is 0 Å². The van der Waals surface area contributed by atoms with Gasteiger partial charge in [0, 0.05) is 5.39 Å². The average Bonchev–Trinajstić information content (AvgIpc) is 2.74. The highest BCUT2D eigenvalue weighted by atomic mass is 31.2. The molecule has 21 heavy (non-hydrogen) atoms. The van der Waals surface area contributed by atoms with Gasteiger partial charge in [-0.05, 0) is 38.8 Å². The minimum atomic E-state index is -3.46. The number of hydrogen-bond donors (Lipinski definition) is 1. The highest BCUT2D eigenvalue weighted by Gasteiger charge is 2.35. The lowest BCUT2D eigenvalue weighted by Gasteiger charge is -2.18. The molecule has 0 aliphatic heterocycles. The van der Waals surface area contributed by atoms with Crippen molar-refractivity contribution < 1.29 is 18.8 Å². The van der Waals surface area contributed by atoms with E-state index in [1.165, 1.54) is 0 Å². The van der Waals surface area contributed by atoms with Crippen LogP contribution in [0.1, 0.15) is 32.0 Å². The second-order valence-electron chi connectivity index (χ2n) is 4.76. The first-order chi connectivity index (χ1) is 10.00. The molecule has 0 atom stereocenters. The Balaban J connectivity index is 2.86. The summed E-state index contributed by atoms with van der Waals surface area (Å²) in [6.45, 7) is 7.95. The molecule has 1 aromatic heterocycles. The molecule has 6 heteroatoms. The summed E-state index contributed by atoms with van der Waals surface area (Å²) in [5.41, 5.74) is 2.13. The third-order valence-corrected chi connectivity index (χ3v) is 5.68. The number of nitrogens with zero attached hydrogens (tertiary/aromatic N) is 1. The van der Waals surface area contributed by atoms with Gasteiger partial charge < -0.3 is 14.3 Å². The second kappa shape index (κ2) is 6.22. The van der Waals surface area contributed by atoms with E-state index in [4.69, 9.17) is 9.05 Å². The Morgan fingerprint density at radius 2 is 1.81 bits per heavy atom. The molecule has 0 radical (unpaired) electrons. The summed E-state index contributed by atoms with van der Waals surface area (Å²) < 4.78 is 25.3. The maximum Gasteiger partial charge on any atom is 0.363 e. The van der Waals surface area contributed by atoms with Crippen molar-refractivity contribution in [3.8, 4) is 0 Å². The van der Waals surface area contributed by atoms with Crippen LogP contribution in [0.15, 0.2) is 18.2 Å². The summed E-state index contributed by atoms with van der Waals surface area (Å²) in [4.78, 5) is 0. The molecule has 0 unspecified atom stereocenters. The Morgan fingerprint density at radius 3 is 2.33 bits per heavy atom. The van der Waals surface area contributed by atoms with Crippen LogP contribution >= 0.6 is 7.60 Å². The molecule has 0 saturated heterocycles. The summed E-state index contributed by atoms with van der Waals surface area (Å²) in [6, 6.07) is 5.58. The van der Waals surface area contributed by atoms with Gasteiger partial charge >= 0.3 is 7.60 Å². The zero-order valence-corrected chi connectivity index (χ0v) is 13.8. The van der Waals surface area contributed by atoms with E-state index in [0.717, 1.165) is 15.7 Å². The first-order valence-corrected chi connectivity index (χ1v) is 8.76. The van der Waals surface area contributed by atoms with E-state index in [1.54, 1.807) is 19.9 Å². The van der Waals surface area contributed by atoms with Crippen LogP contribution in [-0.4, -0.2) is 23.2 Å². The molecule has 116 valence electrons. The molecule has 0 aliphatic carbocycles. The fourth-order valence-corrected chi connectivity index (χ4v) is 4.79. The van der Waals surface area contributed by atoms with E-state index in [9.17, 15) is 9.77 Å². The quantitative estimate of drug-likeness (QED) is 0.653. The maximum atomic E-state index is 13.2. The molecular formula is C15H22NO4P. The van der Waals surface area contributed by atoms with Gasteiger partial charge in [0.15, 0.2) is 0 Å². The zero-order valence-electron chi connectivity index (χ0n) is 12.9. The lowest BCUT2D eigenvalue weighted by atomic mass is 10.1. The summed E-state index contributed by atoms with van der Waals surface area (Å²) in [5, 5.41) is 11.6. The number of aromatic nitrogens is 1. The third kappa shape index (κ3) is 2.61. The van der Waals surface area contributed by atoms with Crippen LogP contribution in [-0.2, 0) is 20.0 Å². The minimum absolute atomic E-state index is 0.282. The monoisotopic (exact) mass is 311 g/mol. The summed E-state index contributed by atoms with van der Waals surface area (Å²) in [6.07, 6.45) is 0.532. The van der Waals surface area contributed by atoms with E-state index in [2.05, 4.69) is 0 Å². The predicted molar refractivity (Wildman–Crippen MR) is 83.7 cm³/mol. The normalized spacial score (nSPS) is 12.2. The molecule has 2 rings (SSSR count). The van der Waals surface area contributed by atoms with Crippen molar-refractivity contribution in [2.24, 2.45) is 0 Å². The van der Waals surface area contributed by atoms with Gasteiger partial charge in [-0.3, -0.25) is 4.57 Å². The molecule has 1 N–H and O–H groups in total. The summed E-state index contributed by atoms with van der Waals surface area (Å²) >= 11 is 0. The van der Waals surface area contributed by atoms with Gasteiger partial charge in [-0.1, -0.05) is 19.1 Å². The van der Waals surface area contributed by atoms with Crippen LogP contribution < -0.4 is 5.30 Å². The second-order valence-corrected chi connectivity index (χ2v) is 6.72. The smallest absolute Gasteiger partial charge is 0.363 e. The van der Waals surface area contributed by atoms with E-state index in [-0.39, 0.29) is 13.2 Å². The van der Waals surface area contributed by atoms with Gasteiger partial charge in [-0.15, -0.1) is 0 Å². The molecular weight excluding hydrogens is 289 g/mol. The van der Waals surface area contributed by atoms with Crippen molar-refractivity contribution in [2.45, 2.75) is 34.1 Å². The Kier molecular flexibility index (Phi) is 4.77. The number of aryl methyl sites for hydroxylation is 1.